The molecule has 33 heavy (non-hydrogen) atoms. The van der Waals surface area contributed by atoms with Crippen molar-refractivity contribution < 1.29 is 59.1 Å². The Morgan fingerprint density at radius 3 is 2.48 bits per heavy atom. The van der Waals surface area contributed by atoms with Crippen LogP contribution in [0.5, 0.6) is 5.75 Å². The van der Waals surface area contributed by atoms with E-state index in [4.69, 9.17) is 30.5 Å². The van der Waals surface area contributed by atoms with Crippen LogP contribution in [0.1, 0.15) is 6.92 Å². The second-order valence-electron chi connectivity index (χ2n) is 7.88. The quantitative estimate of drug-likeness (QED) is 0.219. The number of para-hydroxylation sites is 1. The molecular formula is C20H28ClFO11. The van der Waals surface area contributed by atoms with Gasteiger partial charge >= 0.3 is 0 Å². The first-order chi connectivity index (χ1) is 15.6. The van der Waals surface area contributed by atoms with E-state index in [1.807, 2.05) is 0 Å². The van der Waals surface area contributed by atoms with Gasteiger partial charge in [-0.15, -0.1) is 0 Å². The van der Waals surface area contributed by atoms with Crippen LogP contribution in [0.2, 0.25) is 5.02 Å². The molecule has 0 aromatic heterocycles. The fraction of sp³-hybridized carbons (Fsp3) is 0.700. The molecule has 2 fully saturated rings. The first-order valence-electron chi connectivity index (χ1n) is 10.3. The molecule has 188 valence electrons. The second kappa shape index (κ2) is 10.6. The molecule has 1 unspecified atom stereocenters. The van der Waals surface area contributed by atoms with Crippen LogP contribution in [0.4, 0.5) is 4.39 Å². The standard InChI is InChI=1S/C20H28ClFO11/c1-2-30-19-20(17(28)13(26)11(6-23)32-19,33-15-8(21)4-3-5-9(15)22)18(29)16-14(27)12(25)10(24)7-31-16/h3-5,10-14,16-19,23-29H,2,6-7H2,1H3/t10-,11+,12+,13+,14-,16-,17-,18?,19-,20-/m0/s1. The predicted octanol–water partition coefficient (Wildman–Crippen LogP) is -2.09. The average molecular weight is 499 g/mol. The molecule has 2 aliphatic rings. The largest absolute Gasteiger partial charge is 0.472 e. The van der Waals surface area contributed by atoms with Crippen molar-refractivity contribution >= 4 is 11.6 Å². The molecule has 0 aliphatic carbocycles. The van der Waals surface area contributed by atoms with Gasteiger partial charge in [0, 0.05) is 6.61 Å². The van der Waals surface area contributed by atoms with Crippen LogP contribution in [0, 0.1) is 5.82 Å². The van der Waals surface area contributed by atoms with E-state index in [1.54, 1.807) is 0 Å². The van der Waals surface area contributed by atoms with E-state index in [1.165, 1.54) is 19.1 Å². The van der Waals surface area contributed by atoms with Gasteiger partial charge in [-0.05, 0) is 19.1 Å². The number of benzene rings is 1. The van der Waals surface area contributed by atoms with E-state index in [-0.39, 0.29) is 11.6 Å². The highest BCUT2D eigenvalue weighted by molar-refractivity contribution is 6.32. The molecule has 0 radical (unpaired) electrons. The fourth-order valence-electron chi connectivity index (χ4n) is 4.03. The summed E-state index contributed by atoms with van der Waals surface area (Å²) < 4.78 is 36.7. The van der Waals surface area contributed by atoms with Gasteiger partial charge in [-0.3, -0.25) is 0 Å². The molecule has 13 heteroatoms. The highest BCUT2D eigenvalue weighted by Crippen LogP contribution is 2.43. The third-order valence-electron chi connectivity index (χ3n) is 5.84. The summed E-state index contributed by atoms with van der Waals surface area (Å²) in [6.45, 7) is 0.203. The number of hydrogen-bond acceptors (Lipinski definition) is 11. The number of aliphatic hydroxyl groups excluding tert-OH is 7. The smallest absolute Gasteiger partial charge is 0.216 e. The molecule has 2 saturated heterocycles. The van der Waals surface area contributed by atoms with Crippen LogP contribution in [-0.4, -0.2) is 116 Å². The van der Waals surface area contributed by atoms with Gasteiger partial charge in [0.05, 0.1) is 18.2 Å². The van der Waals surface area contributed by atoms with E-state index in [9.17, 15) is 40.1 Å². The van der Waals surface area contributed by atoms with Gasteiger partial charge in [0.15, 0.2) is 11.6 Å². The van der Waals surface area contributed by atoms with Gasteiger partial charge in [0.2, 0.25) is 11.9 Å². The van der Waals surface area contributed by atoms with Gasteiger partial charge in [-0.1, -0.05) is 17.7 Å². The summed E-state index contributed by atoms with van der Waals surface area (Å²) in [6, 6.07) is 3.54. The van der Waals surface area contributed by atoms with Gasteiger partial charge in [0.1, 0.15) is 48.8 Å². The summed E-state index contributed by atoms with van der Waals surface area (Å²) >= 11 is 6.07. The normalized spacial score (nSPS) is 40.4. The maximum atomic E-state index is 14.6. The van der Waals surface area contributed by atoms with Crippen LogP contribution >= 0.6 is 11.6 Å². The van der Waals surface area contributed by atoms with Crippen LogP contribution in [0.15, 0.2) is 18.2 Å². The molecule has 2 heterocycles. The molecule has 0 amide bonds. The molecule has 1 aromatic rings. The van der Waals surface area contributed by atoms with Crippen LogP contribution in [-0.2, 0) is 14.2 Å². The van der Waals surface area contributed by atoms with Crippen molar-refractivity contribution in [3.05, 3.63) is 29.0 Å². The molecule has 11 nitrogen and oxygen atoms in total. The van der Waals surface area contributed by atoms with E-state index in [2.05, 4.69) is 0 Å². The lowest BCUT2D eigenvalue weighted by atomic mass is 9.77. The first-order valence-corrected chi connectivity index (χ1v) is 10.7. The number of ether oxygens (including phenoxy) is 4. The lowest BCUT2D eigenvalue weighted by Gasteiger charge is -2.54. The van der Waals surface area contributed by atoms with Gasteiger partial charge in [-0.2, -0.15) is 0 Å². The van der Waals surface area contributed by atoms with E-state index >= 15 is 0 Å². The zero-order chi connectivity index (χ0) is 24.5. The minimum absolute atomic E-state index is 0.0795. The Morgan fingerprint density at radius 1 is 1.18 bits per heavy atom. The highest BCUT2D eigenvalue weighted by Gasteiger charge is 2.66. The topological polar surface area (TPSA) is 179 Å². The Kier molecular flexibility index (Phi) is 8.51. The lowest BCUT2D eigenvalue weighted by molar-refractivity contribution is -0.364. The van der Waals surface area contributed by atoms with Gasteiger partial charge < -0.3 is 54.7 Å². The fourth-order valence-corrected chi connectivity index (χ4v) is 4.23. The molecule has 2 aliphatic heterocycles. The molecule has 1 aromatic carbocycles. The predicted molar refractivity (Wildman–Crippen MR) is 108 cm³/mol. The molecule has 0 bridgehead atoms. The lowest BCUT2D eigenvalue weighted by Crippen LogP contribution is -2.77. The van der Waals surface area contributed by atoms with Crippen molar-refractivity contribution in [3.63, 3.8) is 0 Å². The van der Waals surface area contributed by atoms with Crippen molar-refractivity contribution in [1.29, 1.82) is 0 Å². The SMILES string of the molecule is CCO[C@H]1O[C@H](CO)[C@@H](O)[C@H](O)[C@]1(Oc1c(F)cccc1Cl)C(O)[C@H]1OC[C@H](O)[C@@H](O)[C@@H]1O. The summed E-state index contributed by atoms with van der Waals surface area (Å²) in [4.78, 5) is 0. The third-order valence-corrected chi connectivity index (χ3v) is 6.14. The second-order valence-corrected chi connectivity index (χ2v) is 8.28. The van der Waals surface area contributed by atoms with E-state index in [0.29, 0.717) is 0 Å². The van der Waals surface area contributed by atoms with Crippen LogP contribution in [0.25, 0.3) is 0 Å². The van der Waals surface area contributed by atoms with Gasteiger partial charge in [0.25, 0.3) is 0 Å². The zero-order valence-corrected chi connectivity index (χ0v) is 18.3. The Hall–Kier alpha value is -1.16. The van der Waals surface area contributed by atoms with Crippen molar-refractivity contribution in [2.75, 3.05) is 19.8 Å². The number of rotatable bonds is 7. The first kappa shape index (κ1) is 26.4. The van der Waals surface area contributed by atoms with E-state index < -0.39 is 85.5 Å². The van der Waals surface area contributed by atoms with Gasteiger partial charge in [-0.25, -0.2) is 4.39 Å². The Morgan fingerprint density at radius 2 is 1.88 bits per heavy atom. The van der Waals surface area contributed by atoms with Crippen molar-refractivity contribution in [1.82, 2.24) is 0 Å². The number of aliphatic hydroxyl groups is 7. The van der Waals surface area contributed by atoms with E-state index in [0.717, 1.165) is 6.07 Å². The monoisotopic (exact) mass is 498 g/mol. The highest BCUT2D eigenvalue weighted by atomic mass is 35.5. The minimum atomic E-state index is -2.58. The third kappa shape index (κ3) is 4.70. The van der Waals surface area contributed by atoms with Crippen molar-refractivity contribution in [3.8, 4) is 5.75 Å². The average Bonchev–Trinajstić information content (AvgIpc) is 2.79. The molecule has 0 saturated carbocycles. The maximum absolute atomic E-state index is 14.6. The van der Waals surface area contributed by atoms with Crippen molar-refractivity contribution in [2.45, 2.75) is 67.6 Å². The minimum Gasteiger partial charge on any atom is -0.472 e. The van der Waals surface area contributed by atoms with Crippen LogP contribution < -0.4 is 4.74 Å². The Labute approximate surface area is 193 Å². The summed E-state index contributed by atoms with van der Waals surface area (Å²) in [5.41, 5.74) is -2.58. The maximum Gasteiger partial charge on any atom is 0.216 e. The summed E-state index contributed by atoms with van der Waals surface area (Å²) in [5, 5.41) is 72.6. The summed E-state index contributed by atoms with van der Waals surface area (Å²) in [7, 11) is 0. The Balaban J connectivity index is 2.14. The molecule has 3 rings (SSSR count). The summed E-state index contributed by atoms with van der Waals surface area (Å²) in [5.74, 6) is -1.62. The Bertz CT molecular complexity index is 783. The van der Waals surface area contributed by atoms with Crippen LogP contribution in [0.3, 0.4) is 0 Å². The van der Waals surface area contributed by atoms with Crippen molar-refractivity contribution in [2.24, 2.45) is 0 Å². The molecule has 0 spiro atoms. The molecule has 10 atom stereocenters. The number of halogens is 2. The number of hydrogen-bond donors (Lipinski definition) is 7. The molecular weight excluding hydrogens is 471 g/mol. The molecule has 7 N–H and O–H groups in total. The summed E-state index contributed by atoms with van der Waals surface area (Å²) in [6.07, 6.45) is -16.1. The zero-order valence-electron chi connectivity index (χ0n) is 17.6.